The van der Waals surface area contributed by atoms with Crippen LogP contribution in [0.3, 0.4) is 0 Å². The van der Waals surface area contributed by atoms with E-state index in [9.17, 15) is 4.39 Å². The lowest BCUT2D eigenvalue weighted by Gasteiger charge is -2.19. The summed E-state index contributed by atoms with van der Waals surface area (Å²) in [6.07, 6.45) is 0. The molecule has 100 valence electrons. The molecule has 3 N–H and O–H groups in total. The van der Waals surface area contributed by atoms with E-state index in [0.29, 0.717) is 22.3 Å². The van der Waals surface area contributed by atoms with Gasteiger partial charge in [-0.2, -0.15) is 0 Å². The van der Waals surface area contributed by atoms with Crippen LogP contribution in [0.5, 0.6) is 0 Å². The number of hydrogen-bond acceptors (Lipinski definition) is 2. The molecule has 1 unspecified atom stereocenters. The summed E-state index contributed by atoms with van der Waals surface area (Å²) in [5.41, 5.74) is 7.32. The van der Waals surface area contributed by atoms with Gasteiger partial charge in [-0.05, 0) is 35.9 Å². The predicted octanol–water partition coefficient (Wildman–Crippen LogP) is 4.24. The highest BCUT2D eigenvalue weighted by molar-refractivity contribution is 6.42. The van der Waals surface area contributed by atoms with Gasteiger partial charge in [0.15, 0.2) is 0 Å². The van der Waals surface area contributed by atoms with Crippen molar-refractivity contribution < 1.29 is 4.39 Å². The summed E-state index contributed by atoms with van der Waals surface area (Å²) in [6, 6.07) is 11.4. The summed E-state index contributed by atoms with van der Waals surface area (Å²) in [5.74, 6) is -0.296. The zero-order valence-electron chi connectivity index (χ0n) is 10.0. The van der Waals surface area contributed by atoms with Crippen LogP contribution < -0.4 is 11.1 Å². The Balaban J connectivity index is 2.22. The number of hydrogen-bond donors (Lipinski definition) is 2. The fourth-order valence-corrected chi connectivity index (χ4v) is 2.09. The zero-order valence-corrected chi connectivity index (χ0v) is 11.5. The third-order valence-electron chi connectivity index (χ3n) is 2.75. The molecule has 0 spiro atoms. The Morgan fingerprint density at radius 1 is 1.11 bits per heavy atom. The molecule has 0 heterocycles. The first kappa shape index (κ1) is 14.1. The van der Waals surface area contributed by atoms with Crippen LogP contribution in [0.4, 0.5) is 10.1 Å². The van der Waals surface area contributed by atoms with Crippen molar-refractivity contribution in [1.82, 2.24) is 0 Å². The number of rotatable bonds is 4. The van der Waals surface area contributed by atoms with Crippen LogP contribution in [0, 0.1) is 5.82 Å². The molecule has 2 aromatic rings. The SMILES string of the molecule is NCC(Nc1cccc(F)c1)c1ccc(Cl)c(Cl)c1. The summed E-state index contributed by atoms with van der Waals surface area (Å²) >= 11 is 11.9. The zero-order chi connectivity index (χ0) is 13.8. The number of nitrogens with two attached hydrogens (primary N) is 1. The molecule has 0 aliphatic rings. The van der Waals surface area contributed by atoms with Crippen LogP contribution >= 0.6 is 23.2 Å². The minimum absolute atomic E-state index is 0.156. The van der Waals surface area contributed by atoms with Crippen molar-refractivity contribution in [3.8, 4) is 0 Å². The molecule has 0 radical (unpaired) electrons. The highest BCUT2D eigenvalue weighted by Crippen LogP contribution is 2.27. The second-order valence-corrected chi connectivity index (χ2v) is 4.93. The monoisotopic (exact) mass is 298 g/mol. The van der Waals surface area contributed by atoms with Gasteiger partial charge >= 0.3 is 0 Å². The van der Waals surface area contributed by atoms with E-state index in [1.165, 1.54) is 12.1 Å². The van der Waals surface area contributed by atoms with E-state index in [-0.39, 0.29) is 11.9 Å². The Bertz CT molecular complexity index is 575. The standard InChI is InChI=1S/C14H13Cl2FN2/c15-12-5-4-9(6-13(12)16)14(8-18)19-11-3-1-2-10(17)7-11/h1-7,14,19H,8,18H2. The van der Waals surface area contributed by atoms with Crippen molar-refractivity contribution in [3.63, 3.8) is 0 Å². The molecule has 1 atom stereocenters. The molecule has 0 saturated heterocycles. The third-order valence-corrected chi connectivity index (χ3v) is 3.49. The van der Waals surface area contributed by atoms with Crippen LogP contribution in [0.15, 0.2) is 42.5 Å². The molecule has 0 bridgehead atoms. The topological polar surface area (TPSA) is 38.0 Å². The van der Waals surface area contributed by atoms with Crippen molar-refractivity contribution in [2.75, 3.05) is 11.9 Å². The molecule has 2 aromatic carbocycles. The van der Waals surface area contributed by atoms with Crippen molar-refractivity contribution in [1.29, 1.82) is 0 Å². The highest BCUT2D eigenvalue weighted by Gasteiger charge is 2.11. The average molecular weight is 299 g/mol. The van der Waals surface area contributed by atoms with Crippen molar-refractivity contribution in [2.24, 2.45) is 5.73 Å². The highest BCUT2D eigenvalue weighted by atomic mass is 35.5. The van der Waals surface area contributed by atoms with Crippen molar-refractivity contribution in [2.45, 2.75) is 6.04 Å². The molecule has 2 nitrogen and oxygen atoms in total. The maximum Gasteiger partial charge on any atom is 0.125 e. The molecule has 0 aliphatic carbocycles. The lowest BCUT2D eigenvalue weighted by molar-refractivity contribution is 0.627. The number of halogens is 3. The largest absolute Gasteiger partial charge is 0.377 e. The van der Waals surface area contributed by atoms with E-state index in [2.05, 4.69) is 5.32 Å². The summed E-state index contributed by atoms with van der Waals surface area (Å²) in [6.45, 7) is 0.356. The smallest absolute Gasteiger partial charge is 0.125 e. The van der Waals surface area contributed by atoms with Crippen LogP contribution in [-0.4, -0.2) is 6.54 Å². The fourth-order valence-electron chi connectivity index (χ4n) is 1.79. The van der Waals surface area contributed by atoms with E-state index >= 15 is 0 Å². The Morgan fingerprint density at radius 3 is 2.53 bits per heavy atom. The maximum absolute atomic E-state index is 13.1. The normalized spacial score (nSPS) is 12.2. The molecule has 19 heavy (non-hydrogen) atoms. The van der Waals surface area contributed by atoms with Crippen LogP contribution in [0.1, 0.15) is 11.6 Å². The molecule has 0 saturated carbocycles. The van der Waals surface area contributed by atoms with Gasteiger partial charge in [-0.1, -0.05) is 35.3 Å². The molecule has 0 fully saturated rings. The first-order valence-electron chi connectivity index (χ1n) is 5.77. The quantitative estimate of drug-likeness (QED) is 0.886. The Labute approximate surface area is 121 Å². The molecule has 0 amide bonds. The van der Waals surface area contributed by atoms with Gasteiger partial charge in [0.1, 0.15) is 5.82 Å². The molecular weight excluding hydrogens is 286 g/mol. The number of nitrogens with one attached hydrogen (secondary N) is 1. The summed E-state index contributed by atoms with van der Waals surface area (Å²) in [7, 11) is 0. The summed E-state index contributed by atoms with van der Waals surface area (Å²) in [5, 5.41) is 4.13. The summed E-state index contributed by atoms with van der Waals surface area (Å²) in [4.78, 5) is 0. The minimum Gasteiger partial charge on any atom is -0.377 e. The van der Waals surface area contributed by atoms with Crippen molar-refractivity contribution >= 4 is 28.9 Å². The lowest BCUT2D eigenvalue weighted by atomic mass is 10.1. The third kappa shape index (κ3) is 3.60. The van der Waals surface area contributed by atoms with Gasteiger partial charge < -0.3 is 11.1 Å². The van der Waals surface area contributed by atoms with Gasteiger partial charge in [-0.3, -0.25) is 0 Å². The molecule has 2 rings (SSSR count). The predicted molar refractivity (Wildman–Crippen MR) is 78.3 cm³/mol. The van der Waals surface area contributed by atoms with Crippen LogP contribution in [-0.2, 0) is 0 Å². The van der Waals surface area contributed by atoms with Crippen molar-refractivity contribution in [3.05, 3.63) is 63.9 Å². The Kier molecular flexibility index (Phi) is 4.64. The van der Waals surface area contributed by atoms with Gasteiger partial charge in [-0.15, -0.1) is 0 Å². The van der Waals surface area contributed by atoms with E-state index in [4.69, 9.17) is 28.9 Å². The van der Waals surface area contributed by atoms with Gasteiger partial charge in [0.25, 0.3) is 0 Å². The van der Waals surface area contributed by atoms with Crippen LogP contribution in [0.25, 0.3) is 0 Å². The number of anilines is 1. The van der Waals surface area contributed by atoms with E-state index < -0.39 is 0 Å². The molecular formula is C14H13Cl2FN2. The van der Waals surface area contributed by atoms with Gasteiger partial charge in [0.05, 0.1) is 16.1 Å². The van der Waals surface area contributed by atoms with Gasteiger partial charge in [0, 0.05) is 12.2 Å². The van der Waals surface area contributed by atoms with Gasteiger partial charge in [0.2, 0.25) is 0 Å². The molecule has 0 aliphatic heterocycles. The summed E-state index contributed by atoms with van der Waals surface area (Å²) < 4.78 is 13.1. The molecule has 0 aromatic heterocycles. The number of benzene rings is 2. The van der Waals surface area contributed by atoms with Crippen LogP contribution in [0.2, 0.25) is 10.0 Å². The first-order valence-corrected chi connectivity index (χ1v) is 6.53. The maximum atomic E-state index is 13.1. The fraction of sp³-hybridized carbons (Fsp3) is 0.143. The Morgan fingerprint density at radius 2 is 1.89 bits per heavy atom. The van der Waals surface area contributed by atoms with E-state index in [1.54, 1.807) is 24.3 Å². The van der Waals surface area contributed by atoms with E-state index in [1.807, 2.05) is 6.07 Å². The Hall–Kier alpha value is -1.29. The van der Waals surface area contributed by atoms with E-state index in [0.717, 1.165) is 5.56 Å². The van der Waals surface area contributed by atoms with Gasteiger partial charge in [-0.25, -0.2) is 4.39 Å². The second kappa shape index (κ2) is 6.24. The average Bonchev–Trinajstić information content (AvgIpc) is 2.39. The first-order chi connectivity index (χ1) is 9.10. The second-order valence-electron chi connectivity index (χ2n) is 4.12. The minimum atomic E-state index is -0.296. The lowest BCUT2D eigenvalue weighted by Crippen LogP contribution is -2.20. The molecule has 5 heteroatoms.